The smallest absolute Gasteiger partial charge is 0.224 e. The summed E-state index contributed by atoms with van der Waals surface area (Å²) in [6, 6.07) is 10.1. The van der Waals surface area contributed by atoms with Gasteiger partial charge in [0.25, 0.3) is 0 Å². The van der Waals surface area contributed by atoms with Crippen molar-refractivity contribution in [1.82, 2.24) is 19.8 Å². The number of rotatable bonds is 4. The van der Waals surface area contributed by atoms with Crippen LogP contribution in [0.1, 0.15) is 49.8 Å². The second kappa shape index (κ2) is 7.82. The number of hydrogen-bond acceptors (Lipinski definition) is 4. The second-order valence-corrected chi connectivity index (χ2v) is 8.87. The first-order valence-corrected chi connectivity index (χ1v) is 11.1. The summed E-state index contributed by atoms with van der Waals surface area (Å²) in [6.07, 6.45) is 8.03. The van der Waals surface area contributed by atoms with E-state index in [2.05, 4.69) is 4.98 Å². The van der Waals surface area contributed by atoms with Crippen LogP contribution in [-0.4, -0.2) is 57.8 Å². The maximum absolute atomic E-state index is 13.0. The number of aryl methyl sites for hydroxylation is 1. The Balaban J connectivity index is 1.33. The van der Waals surface area contributed by atoms with Crippen molar-refractivity contribution in [3.63, 3.8) is 0 Å². The number of amides is 2. The minimum absolute atomic E-state index is 0.0564. The van der Waals surface area contributed by atoms with Gasteiger partial charge in [-0.1, -0.05) is 30.3 Å². The molecule has 2 fully saturated rings. The lowest BCUT2D eigenvalue weighted by molar-refractivity contribution is -0.134. The number of piperidine rings is 1. The van der Waals surface area contributed by atoms with Crippen molar-refractivity contribution in [2.75, 3.05) is 26.2 Å². The van der Waals surface area contributed by atoms with Gasteiger partial charge < -0.3 is 9.80 Å². The maximum atomic E-state index is 13.0. The van der Waals surface area contributed by atoms with E-state index in [-0.39, 0.29) is 17.2 Å². The summed E-state index contributed by atoms with van der Waals surface area (Å²) in [5.74, 6) is 1.12. The Morgan fingerprint density at radius 3 is 2.73 bits per heavy atom. The van der Waals surface area contributed by atoms with Gasteiger partial charge in [-0.15, -0.1) is 0 Å². The Bertz CT molecular complexity index is 957. The lowest BCUT2D eigenvalue weighted by Crippen LogP contribution is -2.48. The second-order valence-electron chi connectivity index (χ2n) is 8.87. The fourth-order valence-corrected chi connectivity index (χ4v) is 5.34. The number of nitrogens with zero attached hydrogens (tertiary/aromatic N) is 4. The van der Waals surface area contributed by atoms with Gasteiger partial charge in [0.2, 0.25) is 11.8 Å². The van der Waals surface area contributed by atoms with E-state index in [1.54, 1.807) is 0 Å². The summed E-state index contributed by atoms with van der Waals surface area (Å²) >= 11 is 0. The summed E-state index contributed by atoms with van der Waals surface area (Å²) < 4.78 is 0. The molecule has 1 atom stereocenters. The molecule has 2 aliphatic heterocycles. The van der Waals surface area contributed by atoms with Gasteiger partial charge in [-0.25, -0.2) is 9.97 Å². The van der Waals surface area contributed by atoms with E-state index < -0.39 is 0 Å². The normalized spacial score (nSPS) is 23.3. The largest absolute Gasteiger partial charge is 0.342 e. The third-order valence-electron chi connectivity index (χ3n) is 6.97. The van der Waals surface area contributed by atoms with E-state index in [1.165, 1.54) is 5.56 Å². The molecule has 6 heteroatoms. The van der Waals surface area contributed by atoms with Crippen LogP contribution in [0.5, 0.6) is 0 Å². The molecule has 0 saturated carbocycles. The molecule has 6 nitrogen and oxygen atoms in total. The monoisotopic (exact) mass is 404 g/mol. The molecule has 1 aromatic heterocycles. The quantitative estimate of drug-likeness (QED) is 0.786. The topological polar surface area (TPSA) is 66.4 Å². The number of aromatic nitrogens is 2. The van der Waals surface area contributed by atoms with Crippen LogP contribution >= 0.6 is 0 Å². The Hall–Kier alpha value is -2.76. The maximum Gasteiger partial charge on any atom is 0.224 e. The molecule has 2 saturated heterocycles. The van der Waals surface area contributed by atoms with E-state index in [0.29, 0.717) is 19.4 Å². The number of benzene rings is 1. The summed E-state index contributed by atoms with van der Waals surface area (Å²) in [5, 5.41) is 0. The fourth-order valence-electron chi connectivity index (χ4n) is 5.34. The molecular formula is C24H28N4O2. The van der Waals surface area contributed by atoms with Crippen molar-refractivity contribution >= 4 is 11.8 Å². The first-order valence-electron chi connectivity index (χ1n) is 11.1. The van der Waals surface area contributed by atoms with Crippen LogP contribution in [0.4, 0.5) is 0 Å². The highest BCUT2D eigenvalue weighted by Crippen LogP contribution is 2.44. The van der Waals surface area contributed by atoms with Crippen LogP contribution < -0.4 is 0 Å². The van der Waals surface area contributed by atoms with Gasteiger partial charge in [-0.3, -0.25) is 9.59 Å². The fraction of sp³-hybridized carbons (Fsp3) is 0.500. The molecule has 3 aliphatic rings. The summed E-state index contributed by atoms with van der Waals surface area (Å²) in [4.78, 5) is 38.3. The average Bonchev–Trinajstić information content (AvgIpc) is 3.36. The van der Waals surface area contributed by atoms with Gasteiger partial charge in [0.15, 0.2) is 5.82 Å². The van der Waals surface area contributed by atoms with Crippen LogP contribution in [0.15, 0.2) is 36.5 Å². The minimum atomic E-state index is -0.0564. The third-order valence-corrected chi connectivity index (χ3v) is 6.97. The highest BCUT2D eigenvalue weighted by Gasteiger charge is 2.44. The van der Waals surface area contributed by atoms with Crippen LogP contribution in [0.2, 0.25) is 0 Å². The molecule has 156 valence electrons. The predicted octanol–water partition coefficient (Wildman–Crippen LogP) is 2.96. The number of carbonyl (C=O) groups is 2. The molecule has 2 aromatic rings. The summed E-state index contributed by atoms with van der Waals surface area (Å²) in [7, 11) is 0. The first kappa shape index (κ1) is 19.2. The van der Waals surface area contributed by atoms with E-state index >= 15 is 0 Å². The van der Waals surface area contributed by atoms with Gasteiger partial charge >= 0.3 is 0 Å². The molecule has 0 radical (unpaired) electrons. The van der Waals surface area contributed by atoms with Crippen LogP contribution in [0, 0.1) is 0 Å². The zero-order chi connectivity index (χ0) is 20.6. The van der Waals surface area contributed by atoms with Gasteiger partial charge in [0.1, 0.15) is 0 Å². The van der Waals surface area contributed by atoms with Crippen LogP contribution in [0.3, 0.4) is 0 Å². The van der Waals surface area contributed by atoms with Gasteiger partial charge in [0, 0.05) is 56.2 Å². The summed E-state index contributed by atoms with van der Waals surface area (Å²) in [6.45, 7) is 2.89. The van der Waals surface area contributed by atoms with Crippen molar-refractivity contribution in [2.24, 2.45) is 0 Å². The van der Waals surface area contributed by atoms with Crippen LogP contribution in [-0.2, 0) is 21.4 Å². The predicted molar refractivity (Wildman–Crippen MR) is 114 cm³/mol. The molecule has 0 bridgehead atoms. The lowest BCUT2D eigenvalue weighted by atomic mass is 9.77. The van der Waals surface area contributed by atoms with Crippen molar-refractivity contribution in [3.8, 4) is 11.4 Å². The highest BCUT2D eigenvalue weighted by atomic mass is 16.2. The summed E-state index contributed by atoms with van der Waals surface area (Å²) in [5.41, 5.74) is 3.34. The third kappa shape index (κ3) is 3.48. The Morgan fingerprint density at radius 2 is 1.93 bits per heavy atom. The Kier molecular flexibility index (Phi) is 5.01. The minimum Gasteiger partial charge on any atom is -0.342 e. The van der Waals surface area contributed by atoms with Gasteiger partial charge in [0.05, 0.1) is 5.69 Å². The zero-order valence-corrected chi connectivity index (χ0v) is 17.3. The molecular weight excluding hydrogens is 376 g/mol. The lowest BCUT2D eigenvalue weighted by Gasteiger charge is -2.40. The molecule has 30 heavy (non-hydrogen) atoms. The van der Waals surface area contributed by atoms with Gasteiger partial charge in [-0.05, 0) is 37.7 Å². The first-order chi connectivity index (χ1) is 14.6. The molecule has 5 rings (SSSR count). The van der Waals surface area contributed by atoms with Gasteiger partial charge in [-0.2, -0.15) is 0 Å². The Labute approximate surface area is 177 Å². The molecule has 2 amide bonds. The zero-order valence-electron chi connectivity index (χ0n) is 17.3. The Morgan fingerprint density at radius 1 is 1.07 bits per heavy atom. The molecule has 1 aliphatic carbocycles. The van der Waals surface area contributed by atoms with E-state index in [0.717, 1.165) is 68.8 Å². The van der Waals surface area contributed by atoms with Crippen molar-refractivity contribution in [1.29, 1.82) is 0 Å². The number of hydrogen-bond donors (Lipinski definition) is 0. The van der Waals surface area contributed by atoms with Crippen LogP contribution in [0.25, 0.3) is 11.4 Å². The average molecular weight is 405 g/mol. The molecule has 1 unspecified atom stereocenters. The SMILES string of the molecule is O=C1CCCN1CCC(=O)N1CCCC2(CCc3cnc(-c4ccccc4)nc32)C1. The van der Waals surface area contributed by atoms with Crippen molar-refractivity contribution < 1.29 is 9.59 Å². The van der Waals surface area contributed by atoms with E-state index in [1.807, 2.05) is 46.3 Å². The van der Waals surface area contributed by atoms with E-state index in [9.17, 15) is 9.59 Å². The van der Waals surface area contributed by atoms with Crippen molar-refractivity contribution in [2.45, 2.75) is 50.4 Å². The number of carbonyl (C=O) groups excluding carboxylic acids is 2. The molecule has 0 N–H and O–H groups in total. The number of fused-ring (bicyclic) bond motifs is 2. The van der Waals surface area contributed by atoms with Crippen molar-refractivity contribution in [3.05, 3.63) is 47.8 Å². The molecule has 3 heterocycles. The molecule has 1 aromatic carbocycles. The molecule has 1 spiro atoms. The standard InChI is InChI=1S/C24H28N4O2/c29-20-8-4-13-27(20)15-10-21(30)28-14-5-11-24(17-28)12-9-19-16-25-23(26-22(19)24)18-6-2-1-3-7-18/h1-3,6-7,16H,4-5,8-15,17H2. The highest BCUT2D eigenvalue weighted by molar-refractivity contribution is 5.80. The van der Waals surface area contributed by atoms with E-state index in [4.69, 9.17) is 4.98 Å². The number of likely N-dealkylation sites (tertiary alicyclic amines) is 2.